The fourth-order valence-electron chi connectivity index (χ4n) is 1.99. The van der Waals surface area contributed by atoms with Gasteiger partial charge >= 0.3 is 0 Å². The van der Waals surface area contributed by atoms with Gasteiger partial charge in [-0.2, -0.15) is 0 Å². The fraction of sp³-hybridized carbons (Fsp3) is 0.176. The van der Waals surface area contributed by atoms with Crippen LogP contribution in [-0.2, 0) is 4.79 Å². The van der Waals surface area contributed by atoms with Gasteiger partial charge in [0.2, 0.25) is 5.91 Å². The summed E-state index contributed by atoms with van der Waals surface area (Å²) >= 11 is 3.33. The first kappa shape index (κ1) is 18.1. The van der Waals surface area contributed by atoms with Crippen molar-refractivity contribution >= 4 is 33.4 Å². The van der Waals surface area contributed by atoms with Gasteiger partial charge in [0.05, 0.1) is 11.3 Å². The van der Waals surface area contributed by atoms with Crippen molar-refractivity contribution in [3.63, 3.8) is 0 Å². The summed E-state index contributed by atoms with van der Waals surface area (Å²) in [6.07, 6.45) is 0.596. The maximum Gasteiger partial charge on any atom is 0.254 e. The summed E-state index contributed by atoms with van der Waals surface area (Å²) in [6.45, 7) is 0.207. The lowest BCUT2D eigenvalue weighted by Gasteiger charge is -2.08. The molecule has 4 nitrogen and oxygen atoms in total. The van der Waals surface area contributed by atoms with Gasteiger partial charge in [0.15, 0.2) is 0 Å². The normalized spacial score (nSPS) is 10.3. The number of halogens is 3. The first-order valence-corrected chi connectivity index (χ1v) is 8.04. The summed E-state index contributed by atoms with van der Waals surface area (Å²) in [4.78, 5) is 23.6. The molecule has 2 rings (SSSR count). The predicted octanol–water partition coefficient (Wildman–Crippen LogP) is 3.88. The van der Waals surface area contributed by atoms with Crippen LogP contribution in [0.25, 0.3) is 0 Å². The Morgan fingerprint density at radius 1 is 1.08 bits per heavy atom. The third-order valence-electron chi connectivity index (χ3n) is 3.19. The molecule has 0 bridgehead atoms. The van der Waals surface area contributed by atoms with E-state index in [0.717, 1.165) is 16.6 Å². The molecule has 126 valence electrons. The van der Waals surface area contributed by atoms with Crippen molar-refractivity contribution in [2.75, 3.05) is 11.9 Å². The van der Waals surface area contributed by atoms with Crippen LogP contribution in [0.1, 0.15) is 23.2 Å². The molecule has 0 saturated heterocycles. The Morgan fingerprint density at radius 2 is 1.83 bits per heavy atom. The van der Waals surface area contributed by atoms with E-state index in [-0.39, 0.29) is 24.4 Å². The van der Waals surface area contributed by atoms with Crippen LogP contribution >= 0.6 is 15.9 Å². The molecule has 0 aliphatic heterocycles. The van der Waals surface area contributed by atoms with E-state index >= 15 is 0 Å². The lowest BCUT2D eigenvalue weighted by Crippen LogP contribution is -2.26. The average Bonchev–Trinajstić information content (AvgIpc) is 2.53. The predicted molar refractivity (Wildman–Crippen MR) is 90.7 cm³/mol. The largest absolute Gasteiger partial charge is 0.352 e. The van der Waals surface area contributed by atoms with Crippen molar-refractivity contribution in [3.8, 4) is 0 Å². The summed E-state index contributed by atoms with van der Waals surface area (Å²) in [5.74, 6) is -2.49. The SMILES string of the molecule is O=C(CCCNC(=O)c1ccc(F)cc1F)Nc1ccccc1Br. The molecule has 2 aromatic carbocycles. The molecule has 0 heterocycles. The van der Waals surface area contributed by atoms with E-state index in [1.807, 2.05) is 12.1 Å². The number of nitrogens with one attached hydrogen (secondary N) is 2. The molecule has 0 aliphatic carbocycles. The molecule has 24 heavy (non-hydrogen) atoms. The van der Waals surface area contributed by atoms with E-state index in [1.165, 1.54) is 0 Å². The standard InChI is InChI=1S/C17H15BrF2N2O2/c18-13-4-1-2-5-15(13)22-16(23)6-3-9-21-17(24)12-8-7-11(19)10-14(12)20/h1-2,4-5,7-8,10H,3,6,9H2,(H,21,24)(H,22,23). The van der Waals surface area contributed by atoms with Crippen molar-refractivity contribution in [1.82, 2.24) is 5.32 Å². The maximum atomic E-state index is 13.4. The van der Waals surface area contributed by atoms with E-state index < -0.39 is 17.5 Å². The van der Waals surface area contributed by atoms with Crippen LogP contribution in [0.5, 0.6) is 0 Å². The van der Waals surface area contributed by atoms with Crippen LogP contribution in [0.4, 0.5) is 14.5 Å². The molecule has 2 aromatic rings. The number of amides is 2. The Hall–Kier alpha value is -2.28. The van der Waals surface area contributed by atoms with E-state index in [0.29, 0.717) is 18.2 Å². The summed E-state index contributed by atoms with van der Waals surface area (Å²) in [5.41, 5.74) is 0.439. The molecule has 0 spiro atoms. The Balaban J connectivity index is 1.75. The summed E-state index contributed by atoms with van der Waals surface area (Å²) in [6, 6.07) is 9.97. The van der Waals surface area contributed by atoms with Gasteiger partial charge in [-0.1, -0.05) is 12.1 Å². The first-order valence-electron chi connectivity index (χ1n) is 7.25. The van der Waals surface area contributed by atoms with Crippen LogP contribution in [0.3, 0.4) is 0 Å². The minimum absolute atomic E-state index is 0.191. The number of rotatable bonds is 6. The average molecular weight is 397 g/mol. The number of para-hydroxylation sites is 1. The molecule has 0 radical (unpaired) electrons. The van der Waals surface area contributed by atoms with Gasteiger partial charge < -0.3 is 10.6 Å². The number of carbonyl (C=O) groups is 2. The van der Waals surface area contributed by atoms with Gasteiger partial charge in [-0.25, -0.2) is 8.78 Å². The highest BCUT2D eigenvalue weighted by Crippen LogP contribution is 2.21. The molecule has 0 aromatic heterocycles. The van der Waals surface area contributed by atoms with Crippen molar-refractivity contribution in [2.45, 2.75) is 12.8 Å². The number of carbonyl (C=O) groups excluding carboxylic acids is 2. The second-order valence-corrected chi connectivity index (χ2v) is 5.87. The summed E-state index contributed by atoms with van der Waals surface area (Å²) in [7, 11) is 0. The zero-order chi connectivity index (χ0) is 17.5. The monoisotopic (exact) mass is 396 g/mol. The minimum Gasteiger partial charge on any atom is -0.352 e. The van der Waals surface area contributed by atoms with Gasteiger partial charge in [-0.05, 0) is 46.6 Å². The smallest absolute Gasteiger partial charge is 0.254 e. The van der Waals surface area contributed by atoms with Crippen molar-refractivity contribution in [2.24, 2.45) is 0 Å². The molecule has 0 atom stereocenters. The summed E-state index contributed by atoms with van der Waals surface area (Å²) < 4.78 is 27.0. The highest BCUT2D eigenvalue weighted by atomic mass is 79.9. The first-order chi connectivity index (χ1) is 11.5. The molecule has 7 heteroatoms. The van der Waals surface area contributed by atoms with Crippen molar-refractivity contribution in [3.05, 3.63) is 64.1 Å². The third kappa shape index (κ3) is 5.13. The second-order valence-electron chi connectivity index (χ2n) is 5.01. The van der Waals surface area contributed by atoms with Gasteiger partial charge in [0.25, 0.3) is 5.91 Å². The molecular formula is C17H15BrF2N2O2. The van der Waals surface area contributed by atoms with Crippen LogP contribution in [0.15, 0.2) is 46.9 Å². The summed E-state index contributed by atoms with van der Waals surface area (Å²) in [5, 5.41) is 5.24. The highest BCUT2D eigenvalue weighted by Gasteiger charge is 2.12. The van der Waals surface area contributed by atoms with Gasteiger partial charge in [0.1, 0.15) is 11.6 Å². The molecule has 0 aliphatic rings. The van der Waals surface area contributed by atoms with E-state index in [1.54, 1.807) is 12.1 Å². The molecular weight excluding hydrogens is 382 g/mol. The maximum absolute atomic E-state index is 13.4. The lowest BCUT2D eigenvalue weighted by molar-refractivity contribution is -0.116. The van der Waals surface area contributed by atoms with Crippen LogP contribution in [-0.4, -0.2) is 18.4 Å². The number of hydrogen-bond acceptors (Lipinski definition) is 2. The zero-order valence-electron chi connectivity index (χ0n) is 12.6. The second kappa shape index (κ2) is 8.54. The number of anilines is 1. The van der Waals surface area contributed by atoms with Crippen LogP contribution in [0.2, 0.25) is 0 Å². The van der Waals surface area contributed by atoms with E-state index in [9.17, 15) is 18.4 Å². The Kier molecular flexibility index (Phi) is 6.43. The van der Waals surface area contributed by atoms with Gasteiger partial charge in [0, 0.05) is 23.5 Å². The Bertz CT molecular complexity index is 753. The molecule has 0 unspecified atom stereocenters. The quantitative estimate of drug-likeness (QED) is 0.727. The lowest BCUT2D eigenvalue weighted by atomic mass is 10.2. The Labute approximate surface area is 146 Å². The van der Waals surface area contributed by atoms with Crippen molar-refractivity contribution < 1.29 is 18.4 Å². The van der Waals surface area contributed by atoms with Crippen LogP contribution < -0.4 is 10.6 Å². The van der Waals surface area contributed by atoms with E-state index in [2.05, 4.69) is 26.6 Å². The third-order valence-corrected chi connectivity index (χ3v) is 3.88. The van der Waals surface area contributed by atoms with Gasteiger partial charge in [-0.3, -0.25) is 9.59 Å². The molecule has 0 saturated carbocycles. The van der Waals surface area contributed by atoms with Gasteiger partial charge in [-0.15, -0.1) is 0 Å². The zero-order valence-corrected chi connectivity index (χ0v) is 14.2. The van der Waals surface area contributed by atoms with Crippen molar-refractivity contribution in [1.29, 1.82) is 0 Å². The number of benzene rings is 2. The minimum atomic E-state index is -0.917. The number of hydrogen-bond donors (Lipinski definition) is 2. The Morgan fingerprint density at radius 3 is 2.54 bits per heavy atom. The fourth-order valence-corrected chi connectivity index (χ4v) is 2.38. The van der Waals surface area contributed by atoms with Crippen LogP contribution in [0, 0.1) is 11.6 Å². The highest BCUT2D eigenvalue weighted by molar-refractivity contribution is 9.10. The molecule has 2 N–H and O–H groups in total. The topological polar surface area (TPSA) is 58.2 Å². The molecule has 2 amide bonds. The van der Waals surface area contributed by atoms with E-state index in [4.69, 9.17) is 0 Å². The molecule has 0 fully saturated rings.